The first-order chi connectivity index (χ1) is 7.47. The Morgan fingerprint density at radius 3 is 2.69 bits per heavy atom. The van der Waals surface area contributed by atoms with E-state index in [2.05, 4.69) is 10.6 Å². The minimum absolute atomic E-state index is 0.00130. The number of likely N-dealkylation sites (tertiary alicyclic amines) is 1. The van der Waals surface area contributed by atoms with Crippen LogP contribution in [0.1, 0.15) is 20.3 Å². The predicted octanol–water partition coefficient (Wildman–Crippen LogP) is -0.713. The summed E-state index contributed by atoms with van der Waals surface area (Å²) in [6, 6.07) is -0.471. The number of hydrogen-bond acceptors (Lipinski definition) is 4. The Balaban J connectivity index is 2.23. The SMILES string of the molecule is CC(C)NC(=O)NC(=O)CN1CCC(O)C1. The van der Waals surface area contributed by atoms with Crippen LogP contribution in [0.5, 0.6) is 0 Å². The molecule has 92 valence electrons. The molecule has 0 aromatic heterocycles. The van der Waals surface area contributed by atoms with Gasteiger partial charge in [-0.05, 0) is 20.3 Å². The molecule has 0 aromatic carbocycles. The highest BCUT2D eigenvalue weighted by Gasteiger charge is 2.22. The fourth-order valence-corrected chi connectivity index (χ4v) is 1.62. The number of nitrogens with one attached hydrogen (secondary N) is 2. The largest absolute Gasteiger partial charge is 0.392 e. The van der Waals surface area contributed by atoms with Gasteiger partial charge in [-0.2, -0.15) is 0 Å². The van der Waals surface area contributed by atoms with Gasteiger partial charge in [-0.3, -0.25) is 15.0 Å². The second-order valence-corrected chi connectivity index (χ2v) is 4.35. The van der Waals surface area contributed by atoms with E-state index in [4.69, 9.17) is 0 Å². The summed E-state index contributed by atoms with van der Waals surface area (Å²) in [5, 5.41) is 14.1. The molecule has 1 fully saturated rings. The fraction of sp³-hybridized carbons (Fsp3) is 0.800. The Labute approximate surface area is 95.0 Å². The lowest BCUT2D eigenvalue weighted by Gasteiger charge is -2.14. The summed E-state index contributed by atoms with van der Waals surface area (Å²) in [5.41, 5.74) is 0. The van der Waals surface area contributed by atoms with Crippen LogP contribution < -0.4 is 10.6 Å². The average Bonchev–Trinajstić information content (AvgIpc) is 2.48. The monoisotopic (exact) mass is 229 g/mol. The third kappa shape index (κ3) is 4.59. The summed E-state index contributed by atoms with van der Waals surface area (Å²) in [6.07, 6.45) is 0.336. The molecule has 0 bridgehead atoms. The van der Waals surface area contributed by atoms with Crippen molar-refractivity contribution in [3.8, 4) is 0 Å². The van der Waals surface area contributed by atoms with Crippen LogP contribution in [0, 0.1) is 0 Å². The van der Waals surface area contributed by atoms with Crippen LogP contribution in [-0.2, 0) is 4.79 Å². The van der Waals surface area contributed by atoms with Gasteiger partial charge in [0.15, 0.2) is 0 Å². The Kier molecular flexibility index (Phi) is 4.70. The van der Waals surface area contributed by atoms with Crippen molar-refractivity contribution in [3.05, 3.63) is 0 Å². The van der Waals surface area contributed by atoms with Crippen molar-refractivity contribution in [2.75, 3.05) is 19.6 Å². The lowest BCUT2D eigenvalue weighted by Crippen LogP contribution is -2.46. The molecular formula is C10H19N3O3. The summed E-state index contributed by atoms with van der Waals surface area (Å²) in [7, 11) is 0. The van der Waals surface area contributed by atoms with Gasteiger partial charge in [-0.15, -0.1) is 0 Å². The fourth-order valence-electron chi connectivity index (χ4n) is 1.62. The first kappa shape index (κ1) is 12.9. The van der Waals surface area contributed by atoms with E-state index in [1.165, 1.54) is 0 Å². The van der Waals surface area contributed by atoms with Crippen molar-refractivity contribution in [2.45, 2.75) is 32.4 Å². The van der Waals surface area contributed by atoms with Crippen molar-refractivity contribution in [2.24, 2.45) is 0 Å². The van der Waals surface area contributed by atoms with Gasteiger partial charge in [0.2, 0.25) is 5.91 Å². The molecule has 6 nitrogen and oxygen atoms in total. The zero-order chi connectivity index (χ0) is 12.1. The molecule has 1 rings (SSSR count). The third-order valence-corrected chi connectivity index (χ3v) is 2.29. The second-order valence-electron chi connectivity index (χ2n) is 4.35. The van der Waals surface area contributed by atoms with Gasteiger partial charge in [-0.25, -0.2) is 4.79 Å². The Bertz CT molecular complexity index is 268. The number of aliphatic hydroxyl groups is 1. The number of nitrogens with zero attached hydrogens (tertiary/aromatic N) is 1. The van der Waals surface area contributed by atoms with Crippen LogP contribution in [0.3, 0.4) is 0 Å². The molecule has 0 radical (unpaired) electrons. The number of hydrogen-bond donors (Lipinski definition) is 3. The Morgan fingerprint density at radius 2 is 2.19 bits per heavy atom. The van der Waals surface area contributed by atoms with Gasteiger partial charge >= 0.3 is 6.03 Å². The van der Waals surface area contributed by atoms with Crippen LogP contribution in [-0.4, -0.2) is 53.7 Å². The summed E-state index contributed by atoms with van der Waals surface area (Å²) in [6.45, 7) is 4.99. The first-order valence-electron chi connectivity index (χ1n) is 5.48. The molecule has 1 aliphatic heterocycles. The Morgan fingerprint density at radius 1 is 1.50 bits per heavy atom. The van der Waals surface area contributed by atoms with E-state index in [0.29, 0.717) is 19.5 Å². The van der Waals surface area contributed by atoms with Gasteiger partial charge < -0.3 is 10.4 Å². The quantitative estimate of drug-likeness (QED) is 0.597. The Hall–Kier alpha value is -1.14. The van der Waals surface area contributed by atoms with E-state index in [0.717, 1.165) is 0 Å². The molecule has 16 heavy (non-hydrogen) atoms. The maximum atomic E-state index is 11.4. The van der Waals surface area contributed by atoms with E-state index in [1.807, 2.05) is 18.7 Å². The number of rotatable bonds is 3. The van der Waals surface area contributed by atoms with Crippen molar-refractivity contribution in [1.82, 2.24) is 15.5 Å². The maximum Gasteiger partial charge on any atom is 0.321 e. The molecule has 3 amide bonds. The normalized spacial score (nSPS) is 21.1. The van der Waals surface area contributed by atoms with Crippen molar-refractivity contribution >= 4 is 11.9 Å². The molecule has 0 aliphatic carbocycles. The summed E-state index contributed by atoms with van der Waals surface area (Å²) < 4.78 is 0. The van der Waals surface area contributed by atoms with Gasteiger partial charge in [0.1, 0.15) is 0 Å². The molecule has 6 heteroatoms. The molecule has 3 N–H and O–H groups in total. The average molecular weight is 229 g/mol. The first-order valence-corrected chi connectivity index (χ1v) is 5.48. The number of urea groups is 1. The molecule has 0 saturated carbocycles. The number of carbonyl (C=O) groups is 2. The minimum atomic E-state index is -0.472. The zero-order valence-corrected chi connectivity index (χ0v) is 9.69. The minimum Gasteiger partial charge on any atom is -0.392 e. The third-order valence-electron chi connectivity index (χ3n) is 2.29. The van der Waals surface area contributed by atoms with E-state index in [1.54, 1.807) is 0 Å². The maximum absolute atomic E-state index is 11.4. The van der Waals surface area contributed by atoms with Crippen LogP contribution >= 0.6 is 0 Å². The summed E-state index contributed by atoms with van der Waals surface area (Å²) in [4.78, 5) is 24.4. The highest BCUT2D eigenvalue weighted by Crippen LogP contribution is 2.07. The highest BCUT2D eigenvalue weighted by molar-refractivity contribution is 5.95. The van der Waals surface area contributed by atoms with Crippen LogP contribution in [0.15, 0.2) is 0 Å². The van der Waals surface area contributed by atoms with E-state index >= 15 is 0 Å². The number of β-amino-alcohol motifs (C(OH)–C–C–N with tert-alkyl or cyclic N) is 1. The van der Waals surface area contributed by atoms with Gasteiger partial charge in [0.25, 0.3) is 0 Å². The topological polar surface area (TPSA) is 81.7 Å². The molecule has 1 saturated heterocycles. The smallest absolute Gasteiger partial charge is 0.321 e. The molecule has 1 aliphatic rings. The number of aliphatic hydroxyl groups excluding tert-OH is 1. The van der Waals surface area contributed by atoms with Crippen LogP contribution in [0.4, 0.5) is 4.79 Å². The standard InChI is InChI=1S/C10H19N3O3/c1-7(2)11-10(16)12-9(15)6-13-4-3-8(14)5-13/h7-8,14H,3-6H2,1-2H3,(H2,11,12,15,16). The summed E-state index contributed by atoms with van der Waals surface area (Å²) >= 11 is 0. The van der Waals surface area contributed by atoms with Gasteiger partial charge in [0, 0.05) is 19.1 Å². The lowest BCUT2D eigenvalue weighted by molar-refractivity contribution is -0.121. The lowest BCUT2D eigenvalue weighted by atomic mass is 10.3. The van der Waals surface area contributed by atoms with Crippen LogP contribution in [0.25, 0.3) is 0 Å². The predicted molar refractivity (Wildman–Crippen MR) is 58.9 cm³/mol. The van der Waals surface area contributed by atoms with Crippen molar-refractivity contribution in [3.63, 3.8) is 0 Å². The summed E-state index contributed by atoms with van der Waals surface area (Å²) in [5.74, 6) is -0.341. The molecule has 1 atom stereocenters. The molecule has 0 aromatic rings. The number of carbonyl (C=O) groups excluding carboxylic acids is 2. The molecule has 1 unspecified atom stereocenters. The van der Waals surface area contributed by atoms with Crippen LogP contribution in [0.2, 0.25) is 0 Å². The molecular weight excluding hydrogens is 210 g/mol. The van der Waals surface area contributed by atoms with E-state index in [-0.39, 0.29) is 24.6 Å². The zero-order valence-electron chi connectivity index (χ0n) is 9.69. The highest BCUT2D eigenvalue weighted by atomic mass is 16.3. The second kappa shape index (κ2) is 5.81. The molecule has 1 heterocycles. The number of imide groups is 1. The van der Waals surface area contributed by atoms with E-state index in [9.17, 15) is 14.7 Å². The number of amides is 3. The van der Waals surface area contributed by atoms with E-state index < -0.39 is 6.03 Å². The van der Waals surface area contributed by atoms with Crippen molar-refractivity contribution < 1.29 is 14.7 Å². The van der Waals surface area contributed by atoms with Gasteiger partial charge in [0.05, 0.1) is 12.6 Å². The van der Waals surface area contributed by atoms with Gasteiger partial charge in [-0.1, -0.05) is 0 Å². The molecule has 0 spiro atoms. The van der Waals surface area contributed by atoms with Crippen molar-refractivity contribution in [1.29, 1.82) is 0 Å².